The Kier molecular flexibility index (Phi) is 3.14. The smallest absolute Gasteiger partial charge is 0.0983 e. The van der Waals surface area contributed by atoms with Gasteiger partial charge < -0.3 is 9.47 Å². The molecule has 2 nitrogen and oxygen atoms in total. The summed E-state index contributed by atoms with van der Waals surface area (Å²) in [6, 6.07) is 0. The maximum Gasteiger partial charge on any atom is 0.0983 e. The standard InChI is InChI=1S/C17H26O2/c1-5-13-8-9-17(11-18-17)14(10-13)16(4)15(19-16)7-6-12(2)3/h5-6,14-15H,7-11H2,1-4H3/b13-5-. The molecule has 3 rings (SSSR count). The van der Waals surface area contributed by atoms with Gasteiger partial charge in [0.25, 0.3) is 0 Å². The first kappa shape index (κ1) is 13.4. The van der Waals surface area contributed by atoms with Crippen LogP contribution in [0.5, 0.6) is 0 Å². The Morgan fingerprint density at radius 2 is 2.16 bits per heavy atom. The summed E-state index contributed by atoms with van der Waals surface area (Å²) in [6.45, 7) is 9.72. The molecule has 1 saturated carbocycles. The van der Waals surface area contributed by atoms with E-state index in [2.05, 4.69) is 39.8 Å². The van der Waals surface area contributed by atoms with Crippen LogP contribution in [0.25, 0.3) is 0 Å². The van der Waals surface area contributed by atoms with E-state index < -0.39 is 0 Å². The van der Waals surface area contributed by atoms with E-state index in [0.29, 0.717) is 12.0 Å². The predicted octanol–water partition coefficient (Wildman–Crippen LogP) is 4.02. The van der Waals surface area contributed by atoms with Gasteiger partial charge >= 0.3 is 0 Å². The lowest BCUT2D eigenvalue weighted by Crippen LogP contribution is -2.40. The van der Waals surface area contributed by atoms with Crippen molar-refractivity contribution in [2.45, 2.75) is 70.7 Å². The SMILES string of the molecule is C/C=C1/CCC2(CO2)C(C2(C)OC2CC=C(C)C)C1. The normalized spacial score (nSPS) is 46.4. The van der Waals surface area contributed by atoms with Crippen LogP contribution < -0.4 is 0 Å². The number of hydrogen-bond acceptors (Lipinski definition) is 2. The Morgan fingerprint density at radius 1 is 1.42 bits per heavy atom. The summed E-state index contributed by atoms with van der Waals surface area (Å²) in [5, 5.41) is 0. The van der Waals surface area contributed by atoms with E-state index in [1.54, 1.807) is 5.57 Å². The monoisotopic (exact) mass is 262 g/mol. The van der Waals surface area contributed by atoms with Gasteiger partial charge in [0.15, 0.2) is 0 Å². The molecule has 106 valence electrons. The first-order valence-electron chi connectivity index (χ1n) is 7.59. The minimum Gasteiger partial charge on any atom is -0.369 e. The lowest BCUT2D eigenvalue weighted by Gasteiger charge is -2.34. The molecule has 2 heteroatoms. The predicted molar refractivity (Wildman–Crippen MR) is 77.1 cm³/mol. The van der Waals surface area contributed by atoms with E-state index in [0.717, 1.165) is 13.0 Å². The molecule has 0 bridgehead atoms. The van der Waals surface area contributed by atoms with Crippen LogP contribution in [0, 0.1) is 5.92 Å². The molecule has 3 aliphatic rings. The van der Waals surface area contributed by atoms with Crippen molar-refractivity contribution < 1.29 is 9.47 Å². The molecule has 4 unspecified atom stereocenters. The highest BCUT2D eigenvalue weighted by Crippen LogP contribution is 2.59. The van der Waals surface area contributed by atoms with Gasteiger partial charge in [0, 0.05) is 5.92 Å². The molecule has 19 heavy (non-hydrogen) atoms. The topological polar surface area (TPSA) is 25.1 Å². The summed E-state index contributed by atoms with van der Waals surface area (Å²) in [5.74, 6) is 0.551. The molecule has 2 saturated heterocycles. The van der Waals surface area contributed by atoms with Crippen molar-refractivity contribution in [1.29, 1.82) is 0 Å². The quantitative estimate of drug-likeness (QED) is 0.567. The Bertz CT molecular complexity index is 427. The minimum atomic E-state index is 0.0388. The van der Waals surface area contributed by atoms with Gasteiger partial charge in [-0.3, -0.25) is 0 Å². The third-order valence-corrected chi connectivity index (χ3v) is 5.30. The van der Waals surface area contributed by atoms with E-state index >= 15 is 0 Å². The molecule has 2 heterocycles. The van der Waals surface area contributed by atoms with E-state index in [1.807, 2.05) is 0 Å². The third kappa shape index (κ3) is 2.30. The Morgan fingerprint density at radius 3 is 2.74 bits per heavy atom. The van der Waals surface area contributed by atoms with Gasteiger partial charge in [-0.2, -0.15) is 0 Å². The summed E-state index contributed by atoms with van der Waals surface area (Å²) in [4.78, 5) is 0. The van der Waals surface area contributed by atoms with E-state index in [4.69, 9.17) is 9.47 Å². The van der Waals surface area contributed by atoms with Crippen LogP contribution in [0.2, 0.25) is 0 Å². The zero-order chi connectivity index (χ0) is 13.7. The highest BCUT2D eigenvalue weighted by Gasteiger charge is 2.67. The number of ether oxygens (including phenoxy) is 2. The van der Waals surface area contributed by atoms with Gasteiger partial charge in [-0.05, 0) is 53.4 Å². The van der Waals surface area contributed by atoms with Crippen molar-refractivity contribution in [3.63, 3.8) is 0 Å². The lowest BCUT2D eigenvalue weighted by molar-refractivity contribution is 0.106. The molecule has 0 aromatic rings. The molecule has 0 N–H and O–H groups in total. The van der Waals surface area contributed by atoms with Crippen molar-refractivity contribution in [3.8, 4) is 0 Å². The molecule has 0 radical (unpaired) electrons. The Labute approximate surface area is 116 Å². The van der Waals surface area contributed by atoms with Crippen LogP contribution in [0.15, 0.2) is 23.3 Å². The first-order valence-corrected chi connectivity index (χ1v) is 7.59. The van der Waals surface area contributed by atoms with Crippen molar-refractivity contribution >= 4 is 0 Å². The zero-order valence-electron chi connectivity index (χ0n) is 12.7. The number of hydrogen-bond donors (Lipinski definition) is 0. The summed E-state index contributed by atoms with van der Waals surface area (Å²) >= 11 is 0. The van der Waals surface area contributed by atoms with Crippen LogP contribution in [0.4, 0.5) is 0 Å². The molecule has 1 aliphatic carbocycles. The number of rotatable bonds is 3. The third-order valence-electron chi connectivity index (χ3n) is 5.30. The zero-order valence-corrected chi connectivity index (χ0v) is 12.7. The second kappa shape index (κ2) is 4.46. The average Bonchev–Trinajstić information content (AvgIpc) is 3.27. The van der Waals surface area contributed by atoms with E-state index in [1.165, 1.54) is 24.8 Å². The van der Waals surface area contributed by atoms with Gasteiger partial charge in [-0.1, -0.05) is 23.3 Å². The molecule has 0 aromatic heterocycles. The molecule has 0 amide bonds. The van der Waals surface area contributed by atoms with Gasteiger partial charge in [0.1, 0.15) is 0 Å². The van der Waals surface area contributed by atoms with Crippen LogP contribution >= 0.6 is 0 Å². The van der Waals surface area contributed by atoms with E-state index in [9.17, 15) is 0 Å². The maximum absolute atomic E-state index is 6.11. The molecule has 0 aromatic carbocycles. The lowest BCUT2D eigenvalue weighted by atomic mass is 9.69. The van der Waals surface area contributed by atoms with Gasteiger partial charge in [0.05, 0.1) is 23.9 Å². The number of epoxide rings is 2. The van der Waals surface area contributed by atoms with Gasteiger partial charge in [0.2, 0.25) is 0 Å². The molecular formula is C17H26O2. The summed E-state index contributed by atoms with van der Waals surface area (Å²) in [7, 11) is 0. The maximum atomic E-state index is 6.11. The fourth-order valence-electron chi connectivity index (χ4n) is 3.73. The molecule has 3 fully saturated rings. The Balaban J connectivity index is 1.72. The van der Waals surface area contributed by atoms with Crippen molar-refractivity contribution in [1.82, 2.24) is 0 Å². The average molecular weight is 262 g/mol. The van der Waals surface area contributed by atoms with Crippen molar-refractivity contribution in [3.05, 3.63) is 23.3 Å². The minimum absolute atomic E-state index is 0.0388. The molecular weight excluding hydrogens is 236 g/mol. The molecule has 2 aliphatic heterocycles. The van der Waals surface area contributed by atoms with Crippen molar-refractivity contribution in [2.75, 3.05) is 6.61 Å². The van der Waals surface area contributed by atoms with Crippen LogP contribution in [-0.4, -0.2) is 23.9 Å². The van der Waals surface area contributed by atoms with Crippen LogP contribution in [0.3, 0.4) is 0 Å². The fraction of sp³-hybridized carbons (Fsp3) is 0.765. The van der Waals surface area contributed by atoms with Crippen molar-refractivity contribution in [2.24, 2.45) is 5.92 Å². The largest absolute Gasteiger partial charge is 0.369 e. The summed E-state index contributed by atoms with van der Waals surface area (Å²) in [6.07, 6.45) is 9.60. The second-order valence-corrected chi connectivity index (χ2v) is 6.86. The summed E-state index contributed by atoms with van der Waals surface area (Å²) in [5.41, 5.74) is 3.16. The molecule has 4 atom stereocenters. The number of allylic oxidation sites excluding steroid dienone is 3. The summed E-state index contributed by atoms with van der Waals surface area (Å²) < 4.78 is 12.0. The van der Waals surface area contributed by atoms with E-state index in [-0.39, 0.29) is 11.2 Å². The highest BCUT2D eigenvalue weighted by atomic mass is 16.6. The van der Waals surface area contributed by atoms with Gasteiger partial charge in [-0.25, -0.2) is 0 Å². The second-order valence-electron chi connectivity index (χ2n) is 6.86. The van der Waals surface area contributed by atoms with Crippen LogP contribution in [0.1, 0.15) is 53.4 Å². The Hall–Kier alpha value is -0.600. The van der Waals surface area contributed by atoms with Gasteiger partial charge in [-0.15, -0.1) is 0 Å². The highest BCUT2D eigenvalue weighted by molar-refractivity contribution is 5.23. The fourth-order valence-corrected chi connectivity index (χ4v) is 3.73. The molecule has 1 spiro atoms. The first-order chi connectivity index (χ1) is 9.00. The van der Waals surface area contributed by atoms with Crippen LogP contribution in [-0.2, 0) is 9.47 Å².